The third kappa shape index (κ3) is 4.16. The number of rotatable bonds is 5. The number of likely N-dealkylation sites (N-methyl/N-ethyl adjacent to an activating group) is 1. The van der Waals surface area contributed by atoms with Gasteiger partial charge in [0.1, 0.15) is 11.6 Å². The maximum Gasteiger partial charge on any atom is 0.124 e. The fourth-order valence-electron chi connectivity index (χ4n) is 2.23. The second-order valence-corrected chi connectivity index (χ2v) is 5.53. The normalized spacial score (nSPS) is 12.4. The first-order valence-corrected chi connectivity index (χ1v) is 7.39. The van der Waals surface area contributed by atoms with E-state index in [1.807, 2.05) is 6.92 Å². The summed E-state index contributed by atoms with van der Waals surface area (Å²) in [4.78, 5) is 0. The maximum absolute atomic E-state index is 13.5. The topological polar surface area (TPSA) is 12.0 Å². The zero-order valence-corrected chi connectivity index (χ0v) is 13.0. The van der Waals surface area contributed by atoms with E-state index in [-0.39, 0.29) is 17.7 Å². The predicted molar refractivity (Wildman–Crippen MR) is 82.9 cm³/mol. The van der Waals surface area contributed by atoms with E-state index in [0.717, 1.165) is 5.56 Å². The number of nitrogens with one attached hydrogen (secondary N) is 1. The zero-order chi connectivity index (χ0) is 15.4. The Morgan fingerprint density at radius 1 is 1.00 bits per heavy atom. The SMILES string of the molecule is CCNC(Cc1ccc(F)cc1Cl)c1cc(F)ccc1Cl. The fraction of sp³-hybridized carbons (Fsp3) is 0.250. The van der Waals surface area contributed by atoms with Crippen LogP contribution in [0.4, 0.5) is 8.78 Å². The lowest BCUT2D eigenvalue weighted by molar-refractivity contribution is 0.542. The molecule has 1 nitrogen and oxygen atoms in total. The van der Waals surface area contributed by atoms with Crippen LogP contribution in [-0.4, -0.2) is 6.54 Å². The largest absolute Gasteiger partial charge is 0.310 e. The van der Waals surface area contributed by atoms with Gasteiger partial charge in [-0.1, -0.05) is 36.2 Å². The number of hydrogen-bond acceptors (Lipinski definition) is 1. The van der Waals surface area contributed by atoms with Crippen molar-refractivity contribution in [3.63, 3.8) is 0 Å². The van der Waals surface area contributed by atoms with Gasteiger partial charge in [0.15, 0.2) is 0 Å². The van der Waals surface area contributed by atoms with Crippen molar-refractivity contribution in [2.75, 3.05) is 6.54 Å². The molecule has 2 aromatic rings. The molecule has 2 aromatic carbocycles. The first kappa shape index (κ1) is 16.2. The minimum absolute atomic E-state index is 0.193. The van der Waals surface area contributed by atoms with E-state index in [1.165, 1.54) is 30.3 Å². The number of hydrogen-bond donors (Lipinski definition) is 1. The van der Waals surface area contributed by atoms with E-state index >= 15 is 0 Å². The van der Waals surface area contributed by atoms with Crippen LogP contribution in [0.25, 0.3) is 0 Å². The molecule has 0 spiro atoms. The lowest BCUT2D eigenvalue weighted by Crippen LogP contribution is -2.23. The van der Waals surface area contributed by atoms with Gasteiger partial charge in [-0.2, -0.15) is 0 Å². The molecular weight excluding hydrogens is 315 g/mol. The lowest BCUT2D eigenvalue weighted by atomic mass is 9.98. The van der Waals surface area contributed by atoms with Gasteiger partial charge < -0.3 is 5.32 Å². The van der Waals surface area contributed by atoms with Gasteiger partial charge in [0.2, 0.25) is 0 Å². The summed E-state index contributed by atoms with van der Waals surface area (Å²) < 4.78 is 26.6. The summed E-state index contributed by atoms with van der Waals surface area (Å²) >= 11 is 12.2. The van der Waals surface area contributed by atoms with Crippen LogP contribution in [0.3, 0.4) is 0 Å². The first-order valence-electron chi connectivity index (χ1n) is 6.63. The second kappa shape index (κ2) is 7.21. The highest BCUT2D eigenvalue weighted by Gasteiger charge is 2.17. The lowest BCUT2D eigenvalue weighted by Gasteiger charge is -2.20. The smallest absolute Gasteiger partial charge is 0.124 e. The van der Waals surface area contributed by atoms with Crippen LogP contribution < -0.4 is 5.32 Å². The van der Waals surface area contributed by atoms with Crippen molar-refractivity contribution < 1.29 is 8.78 Å². The van der Waals surface area contributed by atoms with Crippen molar-refractivity contribution in [3.8, 4) is 0 Å². The Hall–Kier alpha value is -1.16. The van der Waals surface area contributed by atoms with Crippen molar-refractivity contribution in [1.82, 2.24) is 5.32 Å². The van der Waals surface area contributed by atoms with Crippen molar-refractivity contribution >= 4 is 23.2 Å². The molecule has 1 atom stereocenters. The number of halogens is 4. The summed E-state index contributed by atoms with van der Waals surface area (Å²) in [6, 6.07) is 8.33. The summed E-state index contributed by atoms with van der Waals surface area (Å²) in [6.07, 6.45) is 0.496. The second-order valence-electron chi connectivity index (χ2n) is 4.72. The van der Waals surface area contributed by atoms with Gasteiger partial charge in [-0.15, -0.1) is 0 Å². The van der Waals surface area contributed by atoms with Crippen LogP contribution in [0.15, 0.2) is 36.4 Å². The summed E-state index contributed by atoms with van der Waals surface area (Å²) in [5.74, 6) is -0.727. The molecule has 0 aliphatic heterocycles. The van der Waals surface area contributed by atoms with E-state index in [1.54, 1.807) is 6.07 Å². The molecule has 1 N–H and O–H groups in total. The zero-order valence-electron chi connectivity index (χ0n) is 11.5. The Morgan fingerprint density at radius 3 is 2.33 bits per heavy atom. The molecule has 0 aliphatic rings. The summed E-state index contributed by atoms with van der Waals surface area (Å²) in [5.41, 5.74) is 1.45. The highest BCUT2D eigenvalue weighted by Crippen LogP contribution is 2.29. The van der Waals surface area contributed by atoms with Gasteiger partial charge in [-0.05, 0) is 54.4 Å². The number of benzene rings is 2. The van der Waals surface area contributed by atoms with Crippen LogP contribution in [-0.2, 0) is 6.42 Å². The monoisotopic (exact) mass is 329 g/mol. The van der Waals surface area contributed by atoms with Gasteiger partial charge in [-0.3, -0.25) is 0 Å². The molecule has 5 heteroatoms. The van der Waals surface area contributed by atoms with Gasteiger partial charge in [-0.25, -0.2) is 8.78 Å². The Balaban J connectivity index is 2.32. The van der Waals surface area contributed by atoms with Gasteiger partial charge in [0.25, 0.3) is 0 Å². The van der Waals surface area contributed by atoms with Crippen LogP contribution in [0.5, 0.6) is 0 Å². The standard InChI is InChI=1S/C16H15Cl2F2N/c1-2-21-16(13-8-11(19)5-6-14(13)17)7-10-3-4-12(20)9-15(10)18/h3-6,8-9,16,21H,2,7H2,1H3. The molecule has 2 rings (SSSR count). The maximum atomic E-state index is 13.5. The Labute approximate surface area is 132 Å². The molecule has 0 bridgehead atoms. The van der Waals surface area contributed by atoms with E-state index < -0.39 is 0 Å². The van der Waals surface area contributed by atoms with E-state index in [0.29, 0.717) is 28.6 Å². The van der Waals surface area contributed by atoms with E-state index in [9.17, 15) is 8.78 Å². The molecule has 0 fully saturated rings. The molecule has 0 amide bonds. The fourth-order valence-corrected chi connectivity index (χ4v) is 2.72. The quantitative estimate of drug-likeness (QED) is 0.798. The minimum Gasteiger partial charge on any atom is -0.310 e. The predicted octanol–water partition coefficient (Wildman–Crippen LogP) is 5.16. The molecule has 21 heavy (non-hydrogen) atoms. The molecule has 0 aromatic heterocycles. The molecule has 0 radical (unpaired) electrons. The summed E-state index contributed by atoms with van der Waals surface area (Å²) in [6.45, 7) is 2.64. The third-order valence-corrected chi connectivity index (χ3v) is 3.92. The van der Waals surface area contributed by atoms with Crippen LogP contribution >= 0.6 is 23.2 Å². The van der Waals surface area contributed by atoms with E-state index in [4.69, 9.17) is 23.2 Å². The van der Waals surface area contributed by atoms with Crippen molar-refractivity contribution in [2.24, 2.45) is 0 Å². The average molecular weight is 330 g/mol. The first-order chi connectivity index (χ1) is 10.0. The Bertz CT molecular complexity index is 632. The average Bonchev–Trinajstić information content (AvgIpc) is 2.44. The van der Waals surface area contributed by atoms with Gasteiger partial charge >= 0.3 is 0 Å². The molecule has 0 aliphatic carbocycles. The van der Waals surface area contributed by atoms with Crippen LogP contribution in [0.1, 0.15) is 24.1 Å². The van der Waals surface area contributed by atoms with E-state index in [2.05, 4.69) is 5.32 Å². The summed E-state index contributed by atoms with van der Waals surface area (Å²) in [7, 11) is 0. The molecular formula is C16H15Cl2F2N. The highest BCUT2D eigenvalue weighted by molar-refractivity contribution is 6.31. The highest BCUT2D eigenvalue weighted by atomic mass is 35.5. The third-order valence-electron chi connectivity index (χ3n) is 3.22. The van der Waals surface area contributed by atoms with Gasteiger partial charge in [0.05, 0.1) is 0 Å². The van der Waals surface area contributed by atoms with Crippen molar-refractivity contribution in [3.05, 3.63) is 69.2 Å². The molecule has 0 saturated heterocycles. The molecule has 0 saturated carbocycles. The Kier molecular flexibility index (Phi) is 5.57. The summed E-state index contributed by atoms with van der Waals surface area (Å²) in [5, 5.41) is 4.09. The van der Waals surface area contributed by atoms with Gasteiger partial charge in [0, 0.05) is 16.1 Å². The Morgan fingerprint density at radius 2 is 1.67 bits per heavy atom. The van der Waals surface area contributed by atoms with Crippen molar-refractivity contribution in [2.45, 2.75) is 19.4 Å². The van der Waals surface area contributed by atoms with Crippen LogP contribution in [0.2, 0.25) is 10.0 Å². The van der Waals surface area contributed by atoms with Crippen molar-refractivity contribution in [1.29, 1.82) is 0 Å². The molecule has 0 heterocycles. The molecule has 112 valence electrons. The van der Waals surface area contributed by atoms with Crippen LogP contribution in [0, 0.1) is 11.6 Å². The minimum atomic E-state index is -0.382. The molecule has 1 unspecified atom stereocenters.